The van der Waals surface area contributed by atoms with Crippen molar-refractivity contribution >= 4 is 0 Å². The summed E-state index contributed by atoms with van der Waals surface area (Å²) in [6.45, 7) is 8.17. The molecule has 0 aliphatic rings. The van der Waals surface area contributed by atoms with Gasteiger partial charge in [0, 0.05) is 0 Å². The summed E-state index contributed by atoms with van der Waals surface area (Å²) >= 11 is 0. The molecule has 0 unspecified atom stereocenters. The van der Waals surface area contributed by atoms with Crippen LogP contribution in [-0.2, 0) is 0 Å². The molecule has 2 aromatic rings. The molecule has 0 fully saturated rings. The molecule has 18 heavy (non-hydrogen) atoms. The minimum atomic E-state index is 1.32. The van der Waals surface area contributed by atoms with Crippen LogP contribution in [0.25, 0.3) is 0 Å². The molecular weight excluding hydrogens is 218 g/mol. The predicted molar refractivity (Wildman–Crippen MR) is 83.8 cm³/mol. The summed E-state index contributed by atoms with van der Waals surface area (Å²) in [6.07, 6.45) is 0. The molecule has 0 bridgehead atoms. The lowest BCUT2D eigenvalue weighted by Crippen LogP contribution is -1.69. The second-order valence-corrected chi connectivity index (χ2v) is 3.31. The molecule has 2 rings (SSSR count). The normalized spacial score (nSPS) is 7.44. The SMILES string of the molecule is CC.CN.Cc1ccccc1.Cc1ccccc1. The van der Waals surface area contributed by atoms with E-state index in [9.17, 15) is 0 Å². The maximum atomic E-state index is 4.50. The Labute approximate surface area is 113 Å². The molecule has 2 N–H and O–H groups in total. The van der Waals surface area contributed by atoms with Gasteiger partial charge in [0.1, 0.15) is 0 Å². The number of rotatable bonds is 0. The zero-order valence-electron chi connectivity index (χ0n) is 12.4. The first-order valence-electron chi connectivity index (χ1n) is 6.40. The van der Waals surface area contributed by atoms with Gasteiger partial charge in [-0.25, -0.2) is 0 Å². The molecule has 0 radical (unpaired) electrons. The van der Waals surface area contributed by atoms with Crippen LogP contribution in [0.4, 0.5) is 0 Å². The molecule has 100 valence electrons. The van der Waals surface area contributed by atoms with Gasteiger partial charge in [-0.2, -0.15) is 0 Å². The highest BCUT2D eigenvalue weighted by Gasteiger charge is 1.72. The van der Waals surface area contributed by atoms with E-state index >= 15 is 0 Å². The van der Waals surface area contributed by atoms with Gasteiger partial charge in [0.05, 0.1) is 0 Å². The molecule has 2 aromatic carbocycles. The van der Waals surface area contributed by atoms with Crippen LogP contribution in [-0.4, -0.2) is 7.05 Å². The third-order valence-corrected chi connectivity index (χ3v) is 1.88. The van der Waals surface area contributed by atoms with E-state index < -0.39 is 0 Å². The maximum absolute atomic E-state index is 4.50. The van der Waals surface area contributed by atoms with Gasteiger partial charge in [0.2, 0.25) is 0 Å². The van der Waals surface area contributed by atoms with Crippen molar-refractivity contribution in [2.75, 3.05) is 7.05 Å². The van der Waals surface area contributed by atoms with Gasteiger partial charge in [-0.1, -0.05) is 85.6 Å². The predicted octanol–water partition coefficient (Wildman–Crippen LogP) is 4.59. The van der Waals surface area contributed by atoms with Gasteiger partial charge in [-0.15, -0.1) is 0 Å². The van der Waals surface area contributed by atoms with Gasteiger partial charge in [0.25, 0.3) is 0 Å². The summed E-state index contributed by atoms with van der Waals surface area (Å²) in [5.41, 5.74) is 7.14. The molecule has 0 aromatic heterocycles. The highest BCUT2D eigenvalue weighted by atomic mass is 14.4. The first kappa shape index (κ1) is 18.8. The van der Waals surface area contributed by atoms with E-state index in [0.717, 1.165) is 0 Å². The Kier molecular flexibility index (Phi) is 16.0. The van der Waals surface area contributed by atoms with Gasteiger partial charge in [-0.3, -0.25) is 0 Å². The molecule has 1 nitrogen and oxygen atoms in total. The molecule has 0 atom stereocenters. The van der Waals surface area contributed by atoms with E-state index in [1.54, 1.807) is 0 Å². The molecule has 0 spiro atoms. The Morgan fingerprint density at radius 2 is 0.778 bits per heavy atom. The van der Waals surface area contributed by atoms with Crippen molar-refractivity contribution in [3.63, 3.8) is 0 Å². The fourth-order valence-electron chi connectivity index (χ4n) is 1.07. The second kappa shape index (κ2) is 15.4. The molecule has 0 heterocycles. The number of hydrogen-bond donors (Lipinski definition) is 1. The van der Waals surface area contributed by atoms with Crippen molar-refractivity contribution in [1.29, 1.82) is 0 Å². The molecule has 1 heteroatoms. The van der Waals surface area contributed by atoms with Crippen LogP contribution in [0.15, 0.2) is 60.7 Å². The monoisotopic (exact) mass is 245 g/mol. The smallest absolute Gasteiger partial charge is 0.0195 e. The van der Waals surface area contributed by atoms with Crippen molar-refractivity contribution in [3.8, 4) is 0 Å². The van der Waals surface area contributed by atoms with Crippen molar-refractivity contribution in [3.05, 3.63) is 71.8 Å². The van der Waals surface area contributed by atoms with Crippen molar-refractivity contribution in [1.82, 2.24) is 0 Å². The Morgan fingerprint density at radius 3 is 0.889 bits per heavy atom. The number of hydrogen-bond acceptors (Lipinski definition) is 1. The topological polar surface area (TPSA) is 26.0 Å². The largest absolute Gasteiger partial charge is 0.333 e. The van der Waals surface area contributed by atoms with Crippen LogP contribution in [0.1, 0.15) is 25.0 Å². The minimum absolute atomic E-state index is 1.32. The highest BCUT2D eigenvalue weighted by Crippen LogP contribution is 1.92. The van der Waals surface area contributed by atoms with Crippen molar-refractivity contribution in [2.24, 2.45) is 5.73 Å². The van der Waals surface area contributed by atoms with Crippen LogP contribution in [0.2, 0.25) is 0 Å². The van der Waals surface area contributed by atoms with Crippen LogP contribution in [0.5, 0.6) is 0 Å². The maximum Gasteiger partial charge on any atom is -0.0195 e. The third-order valence-electron chi connectivity index (χ3n) is 1.88. The lowest BCUT2D eigenvalue weighted by Gasteiger charge is -1.82. The summed E-state index contributed by atoms with van der Waals surface area (Å²) < 4.78 is 0. The van der Waals surface area contributed by atoms with Crippen LogP contribution in [0.3, 0.4) is 0 Å². The summed E-state index contributed by atoms with van der Waals surface area (Å²) in [4.78, 5) is 0. The quantitative estimate of drug-likeness (QED) is 0.721. The molecule has 0 aliphatic heterocycles. The fourth-order valence-corrected chi connectivity index (χ4v) is 1.07. The Balaban J connectivity index is 0. The summed E-state index contributed by atoms with van der Waals surface area (Å²) in [5, 5.41) is 0. The van der Waals surface area contributed by atoms with E-state index in [0.29, 0.717) is 0 Å². The zero-order valence-corrected chi connectivity index (χ0v) is 12.4. The second-order valence-electron chi connectivity index (χ2n) is 3.31. The van der Waals surface area contributed by atoms with Crippen LogP contribution >= 0.6 is 0 Å². The van der Waals surface area contributed by atoms with Crippen LogP contribution < -0.4 is 5.73 Å². The summed E-state index contributed by atoms with van der Waals surface area (Å²) in [5.74, 6) is 0. The van der Waals surface area contributed by atoms with E-state index in [2.05, 4.69) is 43.8 Å². The Bertz CT molecular complexity index is 303. The van der Waals surface area contributed by atoms with Crippen molar-refractivity contribution in [2.45, 2.75) is 27.7 Å². The standard InChI is InChI=1S/2C7H8.C2H6.CH5N/c2*1-7-5-3-2-4-6-7;2*1-2/h2*2-6H,1H3;1-2H3;2H2,1H3. The molecule has 0 aliphatic carbocycles. The first-order valence-corrected chi connectivity index (χ1v) is 6.40. The molecular formula is C17H27N. The number of benzene rings is 2. The fraction of sp³-hybridized carbons (Fsp3) is 0.294. The lowest BCUT2D eigenvalue weighted by atomic mass is 10.2. The van der Waals surface area contributed by atoms with Gasteiger partial charge in [0.15, 0.2) is 0 Å². The van der Waals surface area contributed by atoms with E-state index in [4.69, 9.17) is 0 Å². The van der Waals surface area contributed by atoms with Crippen LogP contribution in [0, 0.1) is 13.8 Å². The summed E-state index contributed by atoms with van der Waals surface area (Å²) in [7, 11) is 1.50. The Morgan fingerprint density at radius 1 is 0.556 bits per heavy atom. The van der Waals surface area contributed by atoms with Gasteiger partial charge in [-0.05, 0) is 20.9 Å². The first-order chi connectivity index (χ1) is 8.79. The molecule has 0 saturated carbocycles. The summed E-state index contributed by atoms with van der Waals surface area (Å²) in [6, 6.07) is 20.5. The number of aryl methyl sites for hydroxylation is 2. The average Bonchev–Trinajstić information content (AvgIpc) is 2.46. The minimum Gasteiger partial charge on any atom is -0.333 e. The molecule has 0 saturated heterocycles. The Hall–Kier alpha value is -1.60. The van der Waals surface area contributed by atoms with E-state index in [1.165, 1.54) is 18.2 Å². The highest BCUT2D eigenvalue weighted by molar-refractivity contribution is 5.12. The lowest BCUT2D eigenvalue weighted by molar-refractivity contribution is 1.48. The molecule has 0 amide bonds. The van der Waals surface area contributed by atoms with Gasteiger partial charge < -0.3 is 5.73 Å². The third kappa shape index (κ3) is 12.5. The zero-order chi connectivity index (χ0) is 14.2. The van der Waals surface area contributed by atoms with Gasteiger partial charge >= 0.3 is 0 Å². The number of nitrogens with two attached hydrogens (primary N) is 1. The van der Waals surface area contributed by atoms with E-state index in [1.807, 2.05) is 50.2 Å². The van der Waals surface area contributed by atoms with E-state index in [-0.39, 0.29) is 0 Å². The van der Waals surface area contributed by atoms with Crippen molar-refractivity contribution < 1.29 is 0 Å². The average molecular weight is 245 g/mol.